The molecule has 0 fully saturated rings. The van der Waals surface area contributed by atoms with Gasteiger partial charge < -0.3 is 13.8 Å². The van der Waals surface area contributed by atoms with Crippen LogP contribution in [-0.2, 0) is 0 Å². The van der Waals surface area contributed by atoms with Crippen molar-refractivity contribution >= 4 is 72.9 Å². The van der Waals surface area contributed by atoms with Crippen LogP contribution in [0.2, 0.25) is 0 Å². The van der Waals surface area contributed by atoms with Gasteiger partial charge in [0, 0.05) is 49.7 Å². The van der Waals surface area contributed by atoms with Crippen molar-refractivity contribution in [3.63, 3.8) is 0 Å². The monoisotopic (exact) mass is 584 g/mol. The highest BCUT2D eigenvalue weighted by molar-refractivity contribution is 6.92. The average molecular weight is 584 g/mol. The Balaban J connectivity index is 1.29. The molecule has 0 unspecified atom stereocenters. The standard InChI is InChI=1S/C42H25BN2O/c1-2-12-26(13-3-1)44-35-20-10-6-16-29(35)30-22-23-32-40-38(46-42(32)41(30)44)25-24-37-39(40)31-17-5-9-19-34(31)43-33-18-8-4-14-27(33)28-15-7-11-21-36(28)45(37)43/h1-25H. The summed E-state index contributed by atoms with van der Waals surface area (Å²) in [5, 5.41) is 4.73. The molecule has 0 bridgehead atoms. The summed E-state index contributed by atoms with van der Waals surface area (Å²) in [6.45, 7) is 0.0812. The van der Waals surface area contributed by atoms with Gasteiger partial charge in [-0.15, -0.1) is 0 Å². The molecule has 46 heavy (non-hydrogen) atoms. The van der Waals surface area contributed by atoms with Crippen molar-refractivity contribution < 1.29 is 4.42 Å². The van der Waals surface area contributed by atoms with E-state index in [2.05, 4.69) is 161 Å². The number of aromatic nitrogens is 1. The molecule has 3 nitrogen and oxygen atoms in total. The first-order valence-electron chi connectivity index (χ1n) is 15.9. The zero-order chi connectivity index (χ0) is 29.9. The van der Waals surface area contributed by atoms with Crippen molar-refractivity contribution in [2.45, 2.75) is 0 Å². The summed E-state index contributed by atoms with van der Waals surface area (Å²) in [6.07, 6.45) is 0. The Bertz CT molecular complexity index is 2720. The van der Waals surface area contributed by atoms with Gasteiger partial charge in [0.1, 0.15) is 5.58 Å². The molecule has 2 aromatic heterocycles. The normalized spacial score (nSPS) is 13.1. The lowest BCUT2D eigenvalue weighted by molar-refractivity contribution is 0.671. The van der Waals surface area contributed by atoms with E-state index in [4.69, 9.17) is 4.42 Å². The molecule has 0 radical (unpaired) electrons. The summed E-state index contributed by atoms with van der Waals surface area (Å²) < 4.78 is 9.33. The van der Waals surface area contributed by atoms with E-state index < -0.39 is 0 Å². The number of anilines is 2. The van der Waals surface area contributed by atoms with E-state index in [0.717, 1.165) is 27.8 Å². The summed E-state index contributed by atoms with van der Waals surface area (Å²) in [4.78, 5) is 2.56. The fourth-order valence-corrected chi connectivity index (χ4v) is 8.39. The van der Waals surface area contributed by atoms with Gasteiger partial charge in [-0.25, -0.2) is 0 Å². The zero-order valence-electron chi connectivity index (χ0n) is 24.8. The van der Waals surface area contributed by atoms with E-state index in [0.29, 0.717) is 0 Å². The van der Waals surface area contributed by atoms with Crippen LogP contribution in [0.1, 0.15) is 0 Å². The van der Waals surface area contributed by atoms with Crippen LogP contribution in [0.15, 0.2) is 156 Å². The highest BCUT2D eigenvalue weighted by Crippen LogP contribution is 2.51. The van der Waals surface area contributed by atoms with E-state index in [9.17, 15) is 0 Å². The Hall–Kier alpha value is -6.00. The Morgan fingerprint density at radius 2 is 1.15 bits per heavy atom. The number of fused-ring (bicyclic) bond motifs is 19. The van der Waals surface area contributed by atoms with Crippen LogP contribution in [0.25, 0.3) is 71.7 Å². The van der Waals surface area contributed by atoms with Gasteiger partial charge in [0.05, 0.1) is 11.0 Å². The predicted octanol–water partition coefficient (Wildman–Crippen LogP) is 9.59. The second kappa shape index (κ2) is 8.80. The van der Waals surface area contributed by atoms with Crippen molar-refractivity contribution in [1.29, 1.82) is 0 Å². The topological polar surface area (TPSA) is 21.3 Å². The molecule has 4 heterocycles. The maximum Gasteiger partial charge on any atom is 0.329 e. The smallest absolute Gasteiger partial charge is 0.329 e. The Labute approximate surface area is 265 Å². The molecule has 0 saturated heterocycles. The molecule has 0 saturated carbocycles. The highest BCUT2D eigenvalue weighted by atomic mass is 16.3. The number of furan rings is 1. The molecule has 212 valence electrons. The molecular weight excluding hydrogens is 559 g/mol. The van der Waals surface area contributed by atoms with Gasteiger partial charge >= 0.3 is 6.85 Å². The van der Waals surface area contributed by atoms with Gasteiger partial charge in [-0.2, -0.15) is 0 Å². The molecule has 0 aliphatic carbocycles. The predicted molar refractivity (Wildman–Crippen MR) is 193 cm³/mol. The summed E-state index contributed by atoms with van der Waals surface area (Å²) in [5.41, 5.74) is 15.4. The molecule has 7 aromatic carbocycles. The minimum absolute atomic E-state index is 0.0812. The molecule has 4 heteroatoms. The Morgan fingerprint density at radius 3 is 2.02 bits per heavy atom. The highest BCUT2D eigenvalue weighted by Gasteiger charge is 2.42. The van der Waals surface area contributed by atoms with Crippen LogP contribution in [0.5, 0.6) is 0 Å². The summed E-state index contributed by atoms with van der Waals surface area (Å²) >= 11 is 0. The lowest BCUT2D eigenvalue weighted by Gasteiger charge is -2.43. The van der Waals surface area contributed by atoms with E-state index >= 15 is 0 Å². The first-order valence-corrected chi connectivity index (χ1v) is 15.9. The van der Waals surface area contributed by atoms with Gasteiger partial charge in [0.15, 0.2) is 5.58 Å². The summed E-state index contributed by atoms with van der Waals surface area (Å²) in [5.74, 6) is 0. The number of hydrogen-bond donors (Lipinski definition) is 0. The first kappa shape index (κ1) is 24.3. The SMILES string of the molecule is c1ccc(-n2c3ccccc3c3ccc4c(oc5ccc6c(c54)-c4ccccc4B4c5ccccc5-c5ccccc5N46)c32)cc1. The second-order valence-electron chi connectivity index (χ2n) is 12.4. The average Bonchev–Trinajstić information content (AvgIpc) is 3.68. The Kier molecular flexibility index (Phi) is 4.66. The van der Waals surface area contributed by atoms with Crippen molar-refractivity contribution in [2.24, 2.45) is 0 Å². The third-order valence-electron chi connectivity index (χ3n) is 10.2. The van der Waals surface area contributed by atoms with Gasteiger partial charge in [-0.3, -0.25) is 0 Å². The summed E-state index contributed by atoms with van der Waals surface area (Å²) in [7, 11) is 0. The Morgan fingerprint density at radius 1 is 0.478 bits per heavy atom. The third-order valence-corrected chi connectivity index (χ3v) is 10.2. The van der Waals surface area contributed by atoms with Crippen molar-refractivity contribution in [1.82, 2.24) is 4.57 Å². The number of hydrogen-bond acceptors (Lipinski definition) is 2. The molecule has 2 aliphatic rings. The molecule has 9 aromatic rings. The number of rotatable bonds is 1. The maximum atomic E-state index is 6.96. The fraction of sp³-hybridized carbons (Fsp3) is 0. The third kappa shape index (κ3) is 2.99. The second-order valence-corrected chi connectivity index (χ2v) is 12.4. The first-order chi connectivity index (χ1) is 22.9. The molecule has 0 spiro atoms. The quantitative estimate of drug-likeness (QED) is 0.179. The van der Waals surface area contributed by atoms with Gasteiger partial charge in [-0.05, 0) is 64.5 Å². The van der Waals surface area contributed by atoms with Crippen LogP contribution < -0.4 is 15.7 Å². The zero-order valence-corrected chi connectivity index (χ0v) is 24.8. The van der Waals surface area contributed by atoms with Crippen LogP contribution in [-0.4, -0.2) is 11.4 Å². The molecule has 0 N–H and O–H groups in total. The summed E-state index contributed by atoms with van der Waals surface area (Å²) in [6, 6.07) is 55.0. The fourth-order valence-electron chi connectivity index (χ4n) is 8.39. The van der Waals surface area contributed by atoms with E-state index in [1.807, 2.05) is 0 Å². The van der Waals surface area contributed by atoms with Crippen molar-refractivity contribution in [2.75, 3.05) is 4.81 Å². The molecular formula is C42H25BN2O. The lowest BCUT2D eigenvalue weighted by atomic mass is 9.43. The van der Waals surface area contributed by atoms with Gasteiger partial charge in [0.2, 0.25) is 0 Å². The minimum atomic E-state index is 0.0812. The number of para-hydroxylation sites is 3. The van der Waals surface area contributed by atoms with E-state index in [1.165, 1.54) is 66.2 Å². The van der Waals surface area contributed by atoms with Crippen LogP contribution in [0, 0.1) is 0 Å². The number of benzene rings is 7. The minimum Gasteiger partial charge on any atom is -0.454 e. The lowest BCUT2D eigenvalue weighted by Crippen LogP contribution is -2.59. The molecule has 2 aliphatic heterocycles. The molecule has 11 rings (SSSR count). The molecule has 0 atom stereocenters. The van der Waals surface area contributed by atoms with Crippen LogP contribution in [0.3, 0.4) is 0 Å². The van der Waals surface area contributed by atoms with Crippen molar-refractivity contribution in [3.8, 4) is 27.9 Å². The maximum absolute atomic E-state index is 6.96. The van der Waals surface area contributed by atoms with Crippen molar-refractivity contribution in [3.05, 3.63) is 152 Å². The van der Waals surface area contributed by atoms with Crippen LogP contribution >= 0.6 is 0 Å². The van der Waals surface area contributed by atoms with Gasteiger partial charge in [-0.1, -0.05) is 109 Å². The molecule has 0 amide bonds. The number of nitrogens with zero attached hydrogens (tertiary/aromatic N) is 2. The van der Waals surface area contributed by atoms with Gasteiger partial charge in [0.25, 0.3) is 0 Å². The van der Waals surface area contributed by atoms with Crippen LogP contribution in [0.4, 0.5) is 11.4 Å². The van der Waals surface area contributed by atoms with E-state index in [-0.39, 0.29) is 6.85 Å². The van der Waals surface area contributed by atoms with E-state index in [1.54, 1.807) is 0 Å². The largest absolute Gasteiger partial charge is 0.454 e.